The molecule has 1 saturated heterocycles. The Labute approximate surface area is 148 Å². The molecule has 2 N–H and O–H groups in total. The van der Waals surface area contributed by atoms with Gasteiger partial charge in [-0.3, -0.25) is 15.0 Å². The van der Waals surface area contributed by atoms with Crippen LogP contribution in [0.1, 0.15) is 24.9 Å². The van der Waals surface area contributed by atoms with Crippen LogP contribution >= 0.6 is 24.8 Å². The smallest absolute Gasteiger partial charge is 0.270 e. The van der Waals surface area contributed by atoms with E-state index in [9.17, 15) is 15.2 Å². The van der Waals surface area contributed by atoms with E-state index in [1.165, 1.54) is 18.2 Å². The van der Waals surface area contributed by atoms with Crippen molar-refractivity contribution in [3.63, 3.8) is 0 Å². The zero-order valence-electron chi connectivity index (χ0n) is 13.0. The standard InChI is InChI=1S/C15H21N3O3.2ClH/c1-11(2)9-14(17-7-5-16-6-8-17)13-10-12(18(20)21)3-4-15(13)19;;/h3-4,10,14,16,19H,1,5-9H2,2H3;2*1H/t14-;;/m1../s1. The minimum Gasteiger partial charge on any atom is -0.508 e. The highest BCUT2D eigenvalue weighted by molar-refractivity contribution is 5.85. The first-order valence-corrected chi connectivity index (χ1v) is 7.05. The molecule has 0 radical (unpaired) electrons. The summed E-state index contributed by atoms with van der Waals surface area (Å²) in [7, 11) is 0. The normalized spacial score (nSPS) is 15.9. The van der Waals surface area contributed by atoms with E-state index in [-0.39, 0.29) is 42.3 Å². The van der Waals surface area contributed by atoms with E-state index in [2.05, 4.69) is 16.8 Å². The summed E-state index contributed by atoms with van der Waals surface area (Å²) in [6, 6.07) is 4.13. The first-order valence-electron chi connectivity index (χ1n) is 7.05. The van der Waals surface area contributed by atoms with Crippen molar-refractivity contribution in [3.8, 4) is 5.75 Å². The summed E-state index contributed by atoms with van der Waals surface area (Å²) < 4.78 is 0. The predicted octanol–water partition coefficient (Wildman–Crippen LogP) is 3.06. The number of phenols is 1. The summed E-state index contributed by atoms with van der Waals surface area (Å²) in [5.41, 5.74) is 1.60. The zero-order chi connectivity index (χ0) is 15.4. The quantitative estimate of drug-likeness (QED) is 0.477. The molecule has 0 spiro atoms. The van der Waals surface area contributed by atoms with E-state index in [0.717, 1.165) is 31.8 Å². The SMILES string of the molecule is C=C(C)C[C@H](c1cc([N+](=O)[O-])ccc1O)N1CCNCC1.Cl.Cl. The van der Waals surface area contributed by atoms with Gasteiger partial charge in [-0.1, -0.05) is 5.57 Å². The molecule has 8 heteroatoms. The lowest BCUT2D eigenvalue weighted by atomic mass is 9.96. The lowest BCUT2D eigenvalue weighted by molar-refractivity contribution is -0.385. The van der Waals surface area contributed by atoms with Crippen LogP contribution in [-0.2, 0) is 0 Å². The van der Waals surface area contributed by atoms with E-state index >= 15 is 0 Å². The van der Waals surface area contributed by atoms with Crippen LogP contribution in [0.25, 0.3) is 0 Å². The summed E-state index contributed by atoms with van der Waals surface area (Å²) in [5.74, 6) is 0.102. The number of piperazine rings is 1. The molecule has 0 amide bonds. The molecule has 23 heavy (non-hydrogen) atoms. The zero-order valence-corrected chi connectivity index (χ0v) is 14.7. The molecule has 0 aromatic heterocycles. The predicted molar refractivity (Wildman–Crippen MR) is 95.9 cm³/mol. The van der Waals surface area contributed by atoms with Gasteiger partial charge in [0.05, 0.1) is 4.92 Å². The number of nitro benzene ring substituents is 1. The molecule has 0 bridgehead atoms. The molecule has 1 aromatic rings. The van der Waals surface area contributed by atoms with Crippen molar-refractivity contribution in [2.45, 2.75) is 19.4 Å². The number of halogens is 2. The molecule has 130 valence electrons. The van der Waals surface area contributed by atoms with E-state index in [0.29, 0.717) is 12.0 Å². The van der Waals surface area contributed by atoms with Crippen LogP contribution in [0.4, 0.5) is 5.69 Å². The fourth-order valence-corrected chi connectivity index (χ4v) is 2.68. The van der Waals surface area contributed by atoms with Gasteiger partial charge in [0, 0.05) is 49.9 Å². The number of hydrogen-bond donors (Lipinski definition) is 2. The second kappa shape index (κ2) is 9.72. The van der Waals surface area contributed by atoms with Crippen molar-refractivity contribution in [2.75, 3.05) is 26.2 Å². The molecular formula is C15H23Cl2N3O3. The number of non-ortho nitro benzene ring substituents is 1. The lowest BCUT2D eigenvalue weighted by Gasteiger charge is -2.35. The van der Waals surface area contributed by atoms with Crippen LogP contribution in [0.5, 0.6) is 5.75 Å². The van der Waals surface area contributed by atoms with Crippen LogP contribution in [-0.4, -0.2) is 41.1 Å². The molecule has 1 heterocycles. The number of nitrogens with zero attached hydrogens (tertiary/aromatic N) is 2. The summed E-state index contributed by atoms with van der Waals surface area (Å²) in [4.78, 5) is 12.8. The van der Waals surface area contributed by atoms with Crippen LogP contribution in [0.3, 0.4) is 0 Å². The van der Waals surface area contributed by atoms with Crippen LogP contribution in [0.15, 0.2) is 30.4 Å². The second-order valence-corrected chi connectivity index (χ2v) is 5.46. The van der Waals surface area contributed by atoms with Crippen LogP contribution in [0, 0.1) is 10.1 Å². The Bertz CT molecular complexity index is 549. The van der Waals surface area contributed by atoms with E-state index in [1.54, 1.807) is 0 Å². The number of nitrogens with one attached hydrogen (secondary N) is 1. The average Bonchev–Trinajstić information content (AvgIpc) is 2.46. The first-order chi connectivity index (χ1) is 9.99. The minimum atomic E-state index is -0.432. The summed E-state index contributed by atoms with van der Waals surface area (Å²) in [5, 5.41) is 24.4. The van der Waals surface area contributed by atoms with Gasteiger partial charge >= 0.3 is 0 Å². The average molecular weight is 364 g/mol. The number of aromatic hydroxyl groups is 1. The maximum absolute atomic E-state index is 11.0. The van der Waals surface area contributed by atoms with Gasteiger partial charge in [0.25, 0.3) is 5.69 Å². The molecule has 1 aliphatic rings. The van der Waals surface area contributed by atoms with Crippen molar-refractivity contribution in [2.24, 2.45) is 0 Å². The minimum absolute atomic E-state index is 0. The fourth-order valence-electron chi connectivity index (χ4n) is 2.68. The molecular weight excluding hydrogens is 341 g/mol. The number of nitro groups is 1. The van der Waals surface area contributed by atoms with Gasteiger partial charge in [0.2, 0.25) is 0 Å². The van der Waals surface area contributed by atoms with Crippen molar-refractivity contribution < 1.29 is 10.0 Å². The second-order valence-electron chi connectivity index (χ2n) is 5.46. The number of benzene rings is 1. The maximum Gasteiger partial charge on any atom is 0.270 e. The fraction of sp³-hybridized carbons (Fsp3) is 0.467. The summed E-state index contributed by atoms with van der Waals surface area (Å²) in [6.45, 7) is 9.33. The van der Waals surface area contributed by atoms with Gasteiger partial charge < -0.3 is 10.4 Å². The van der Waals surface area contributed by atoms with Gasteiger partial charge in [0.15, 0.2) is 0 Å². The Kier molecular flexibility index (Phi) is 9.16. The summed E-state index contributed by atoms with van der Waals surface area (Å²) in [6.07, 6.45) is 0.675. The third kappa shape index (κ3) is 5.66. The Morgan fingerprint density at radius 2 is 2.04 bits per heavy atom. The molecule has 1 aliphatic heterocycles. The van der Waals surface area contributed by atoms with E-state index < -0.39 is 4.92 Å². The lowest BCUT2D eigenvalue weighted by Crippen LogP contribution is -2.45. The van der Waals surface area contributed by atoms with Gasteiger partial charge in [-0.2, -0.15) is 0 Å². The molecule has 0 saturated carbocycles. The molecule has 0 aliphatic carbocycles. The van der Waals surface area contributed by atoms with Crippen molar-refractivity contribution in [3.05, 3.63) is 46.0 Å². The highest BCUT2D eigenvalue weighted by Gasteiger charge is 2.26. The third-order valence-corrected chi connectivity index (χ3v) is 3.72. The summed E-state index contributed by atoms with van der Waals surface area (Å²) >= 11 is 0. The molecule has 1 atom stereocenters. The van der Waals surface area contributed by atoms with Crippen LogP contribution in [0.2, 0.25) is 0 Å². The largest absolute Gasteiger partial charge is 0.508 e. The van der Waals surface area contributed by atoms with Crippen molar-refractivity contribution in [1.29, 1.82) is 0 Å². The maximum atomic E-state index is 11.0. The monoisotopic (exact) mass is 363 g/mol. The van der Waals surface area contributed by atoms with Crippen LogP contribution < -0.4 is 5.32 Å². The van der Waals surface area contributed by atoms with Gasteiger partial charge in [-0.15, -0.1) is 31.4 Å². The Morgan fingerprint density at radius 3 is 2.57 bits per heavy atom. The topological polar surface area (TPSA) is 78.6 Å². The number of rotatable bonds is 5. The Balaban J connectivity index is 0.00000242. The number of phenolic OH excluding ortho intramolecular Hbond substituents is 1. The van der Waals surface area contributed by atoms with E-state index in [4.69, 9.17) is 0 Å². The third-order valence-electron chi connectivity index (χ3n) is 3.72. The van der Waals surface area contributed by atoms with Crippen molar-refractivity contribution in [1.82, 2.24) is 10.2 Å². The number of hydrogen-bond acceptors (Lipinski definition) is 5. The van der Waals surface area contributed by atoms with Gasteiger partial charge in [0.1, 0.15) is 5.75 Å². The van der Waals surface area contributed by atoms with E-state index in [1.807, 2.05) is 6.92 Å². The highest BCUT2D eigenvalue weighted by Crippen LogP contribution is 2.35. The Morgan fingerprint density at radius 1 is 1.43 bits per heavy atom. The molecule has 1 aromatic carbocycles. The van der Waals surface area contributed by atoms with Gasteiger partial charge in [-0.05, 0) is 19.4 Å². The molecule has 6 nitrogen and oxygen atoms in total. The Hall–Kier alpha value is -1.34. The van der Waals surface area contributed by atoms with Gasteiger partial charge in [-0.25, -0.2) is 0 Å². The molecule has 0 unspecified atom stereocenters. The first kappa shape index (κ1) is 21.7. The highest BCUT2D eigenvalue weighted by atomic mass is 35.5. The molecule has 2 rings (SSSR count). The van der Waals surface area contributed by atoms with Crippen molar-refractivity contribution >= 4 is 30.5 Å². The molecule has 1 fully saturated rings.